The van der Waals surface area contributed by atoms with Crippen molar-refractivity contribution in [3.63, 3.8) is 0 Å². The molecule has 0 aliphatic heterocycles. The van der Waals surface area contributed by atoms with Gasteiger partial charge in [-0.1, -0.05) is 6.07 Å². The summed E-state index contributed by atoms with van der Waals surface area (Å²) in [5, 5.41) is 13.9. The summed E-state index contributed by atoms with van der Waals surface area (Å²) in [6.45, 7) is 3.72. The van der Waals surface area contributed by atoms with Gasteiger partial charge >= 0.3 is 0 Å². The molecule has 0 bridgehead atoms. The highest BCUT2D eigenvalue weighted by Gasteiger charge is 2.11. The van der Waals surface area contributed by atoms with E-state index < -0.39 is 4.92 Å². The van der Waals surface area contributed by atoms with Gasteiger partial charge in [-0.25, -0.2) is 4.98 Å². The van der Waals surface area contributed by atoms with Gasteiger partial charge in [-0.05, 0) is 38.6 Å². The van der Waals surface area contributed by atoms with Gasteiger partial charge in [0.2, 0.25) is 5.88 Å². The third-order valence-corrected chi connectivity index (χ3v) is 3.28. The molecule has 2 aromatic rings. The molecule has 1 N–H and O–H groups in total. The fourth-order valence-electron chi connectivity index (χ4n) is 1.89. The Labute approximate surface area is 122 Å². The number of aryl methyl sites for hydroxylation is 1. The maximum atomic E-state index is 10.8. The molecule has 2 rings (SSSR count). The number of nitrogens with zero attached hydrogens (tertiary/aromatic N) is 2. The second kappa shape index (κ2) is 6.32. The number of hydrogen-bond donors (Lipinski definition) is 1. The average molecular weight is 287 g/mol. The van der Waals surface area contributed by atoms with Crippen LogP contribution in [0.25, 0.3) is 0 Å². The van der Waals surface area contributed by atoms with Crippen LogP contribution < -0.4 is 10.1 Å². The van der Waals surface area contributed by atoms with Gasteiger partial charge in [0.25, 0.3) is 5.69 Å². The summed E-state index contributed by atoms with van der Waals surface area (Å²) >= 11 is 0. The van der Waals surface area contributed by atoms with Gasteiger partial charge in [0.05, 0.1) is 4.92 Å². The number of pyridine rings is 1. The van der Waals surface area contributed by atoms with Crippen LogP contribution in [0, 0.1) is 17.0 Å². The van der Waals surface area contributed by atoms with E-state index in [1.165, 1.54) is 6.07 Å². The van der Waals surface area contributed by atoms with E-state index in [1.807, 2.05) is 20.0 Å². The van der Waals surface area contributed by atoms with Crippen LogP contribution in [0.2, 0.25) is 0 Å². The molecule has 110 valence electrons. The summed E-state index contributed by atoms with van der Waals surface area (Å²) in [7, 11) is 1.88. The molecule has 0 aliphatic rings. The van der Waals surface area contributed by atoms with E-state index in [2.05, 4.69) is 10.3 Å². The summed E-state index contributed by atoms with van der Waals surface area (Å²) in [5.41, 5.74) is 1.69. The Morgan fingerprint density at radius 2 is 2.10 bits per heavy atom. The van der Waals surface area contributed by atoms with Gasteiger partial charge in [0.1, 0.15) is 5.75 Å². The van der Waals surface area contributed by atoms with Crippen molar-refractivity contribution in [2.75, 3.05) is 7.05 Å². The molecule has 1 aromatic heterocycles. The summed E-state index contributed by atoms with van der Waals surface area (Å²) in [6, 6.07) is 8.55. The fraction of sp³-hybridized carbons (Fsp3) is 0.267. The second-order valence-corrected chi connectivity index (χ2v) is 4.75. The van der Waals surface area contributed by atoms with Crippen molar-refractivity contribution >= 4 is 5.69 Å². The number of hydrogen-bond acceptors (Lipinski definition) is 5. The maximum absolute atomic E-state index is 10.8. The lowest BCUT2D eigenvalue weighted by atomic mass is 10.1. The largest absolute Gasteiger partial charge is 0.439 e. The Morgan fingerprint density at radius 3 is 2.62 bits per heavy atom. The van der Waals surface area contributed by atoms with Gasteiger partial charge in [-0.3, -0.25) is 10.1 Å². The quantitative estimate of drug-likeness (QED) is 0.674. The molecule has 1 heterocycles. The van der Waals surface area contributed by atoms with Crippen LogP contribution in [-0.4, -0.2) is 17.0 Å². The highest BCUT2D eigenvalue weighted by molar-refractivity contribution is 5.45. The topological polar surface area (TPSA) is 77.3 Å². The summed E-state index contributed by atoms with van der Waals surface area (Å²) in [4.78, 5) is 14.6. The first kappa shape index (κ1) is 14.9. The van der Waals surface area contributed by atoms with E-state index in [0.717, 1.165) is 5.56 Å². The van der Waals surface area contributed by atoms with Crippen molar-refractivity contribution in [1.82, 2.24) is 10.3 Å². The summed E-state index contributed by atoms with van der Waals surface area (Å²) in [6.07, 6.45) is 1.74. The molecule has 1 aromatic carbocycles. The Hall–Kier alpha value is -2.47. The van der Waals surface area contributed by atoms with Crippen molar-refractivity contribution < 1.29 is 9.66 Å². The Balaban J connectivity index is 2.15. The SMILES string of the molecule is CNC(C)c1ccc(Oc2ccc([N+](=O)[O-])c(C)c2)nc1. The monoisotopic (exact) mass is 287 g/mol. The molecule has 21 heavy (non-hydrogen) atoms. The van der Waals surface area contributed by atoms with Crippen molar-refractivity contribution in [3.8, 4) is 11.6 Å². The first-order valence-electron chi connectivity index (χ1n) is 6.57. The van der Waals surface area contributed by atoms with Crippen molar-refractivity contribution in [2.45, 2.75) is 19.9 Å². The summed E-state index contributed by atoms with van der Waals surface area (Å²) < 4.78 is 5.61. The molecular formula is C15H17N3O3. The molecule has 0 aliphatic carbocycles. The zero-order valence-electron chi connectivity index (χ0n) is 12.2. The molecule has 0 amide bonds. The Morgan fingerprint density at radius 1 is 1.33 bits per heavy atom. The lowest BCUT2D eigenvalue weighted by Gasteiger charge is -2.11. The molecule has 0 radical (unpaired) electrons. The minimum atomic E-state index is -0.411. The molecule has 0 saturated carbocycles. The predicted molar refractivity (Wildman–Crippen MR) is 79.6 cm³/mol. The average Bonchev–Trinajstić information content (AvgIpc) is 2.47. The number of nitro groups is 1. The minimum absolute atomic E-state index is 0.0773. The van der Waals surface area contributed by atoms with E-state index in [4.69, 9.17) is 4.74 Å². The maximum Gasteiger partial charge on any atom is 0.272 e. The first-order valence-corrected chi connectivity index (χ1v) is 6.57. The van der Waals surface area contributed by atoms with Crippen LogP contribution in [-0.2, 0) is 0 Å². The number of ether oxygens (including phenoxy) is 1. The predicted octanol–water partition coefficient (Wildman–Crippen LogP) is 3.37. The number of aromatic nitrogens is 1. The highest BCUT2D eigenvalue weighted by Crippen LogP contribution is 2.26. The van der Waals surface area contributed by atoms with E-state index in [-0.39, 0.29) is 11.7 Å². The van der Waals surface area contributed by atoms with Crippen LogP contribution in [0.15, 0.2) is 36.5 Å². The molecule has 6 nitrogen and oxygen atoms in total. The normalized spacial score (nSPS) is 12.0. The highest BCUT2D eigenvalue weighted by atomic mass is 16.6. The van der Waals surface area contributed by atoms with Crippen LogP contribution in [0.3, 0.4) is 0 Å². The molecule has 6 heteroatoms. The molecule has 0 saturated heterocycles. The molecule has 1 atom stereocenters. The van der Waals surface area contributed by atoms with Crippen LogP contribution in [0.1, 0.15) is 24.1 Å². The second-order valence-electron chi connectivity index (χ2n) is 4.75. The zero-order chi connectivity index (χ0) is 15.4. The number of nitro benzene ring substituents is 1. The van der Waals surface area contributed by atoms with Gasteiger partial charge in [0, 0.05) is 29.9 Å². The zero-order valence-corrected chi connectivity index (χ0v) is 12.2. The molecular weight excluding hydrogens is 270 g/mol. The van der Waals surface area contributed by atoms with Crippen LogP contribution >= 0.6 is 0 Å². The van der Waals surface area contributed by atoms with Crippen LogP contribution in [0.4, 0.5) is 5.69 Å². The lowest BCUT2D eigenvalue weighted by Crippen LogP contribution is -2.12. The molecule has 0 fully saturated rings. The van der Waals surface area contributed by atoms with E-state index >= 15 is 0 Å². The van der Waals surface area contributed by atoms with E-state index in [1.54, 1.807) is 31.3 Å². The Kier molecular flexibility index (Phi) is 4.49. The van der Waals surface area contributed by atoms with E-state index in [0.29, 0.717) is 17.2 Å². The number of benzene rings is 1. The molecule has 1 unspecified atom stereocenters. The Bertz CT molecular complexity index is 641. The van der Waals surface area contributed by atoms with Gasteiger partial charge < -0.3 is 10.1 Å². The fourth-order valence-corrected chi connectivity index (χ4v) is 1.89. The van der Waals surface area contributed by atoms with Crippen molar-refractivity contribution in [3.05, 3.63) is 57.8 Å². The van der Waals surface area contributed by atoms with Crippen LogP contribution in [0.5, 0.6) is 11.6 Å². The van der Waals surface area contributed by atoms with Gasteiger partial charge in [-0.15, -0.1) is 0 Å². The number of nitrogens with one attached hydrogen (secondary N) is 1. The minimum Gasteiger partial charge on any atom is -0.439 e. The lowest BCUT2D eigenvalue weighted by molar-refractivity contribution is -0.385. The molecule has 0 spiro atoms. The van der Waals surface area contributed by atoms with E-state index in [9.17, 15) is 10.1 Å². The first-order chi connectivity index (χ1) is 10.0. The standard InChI is InChI=1S/C15H17N3O3/c1-10-8-13(5-6-14(10)18(19)20)21-15-7-4-12(9-17-15)11(2)16-3/h4-9,11,16H,1-3H3. The smallest absolute Gasteiger partial charge is 0.272 e. The van der Waals surface area contributed by atoms with Gasteiger partial charge in [-0.2, -0.15) is 0 Å². The summed E-state index contributed by atoms with van der Waals surface area (Å²) in [5.74, 6) is 0.982. The van der Waals surface area contributed by atoms with Crippen molar-refractivity contribution in [1.29, 1.82) is 0 Å². The van der Waals surface area contributed by atoms with Crippen molar-refractivity contribution in [2.24, 2.45) is 0 Å². The number of rotatable bonds is 5. The third kappa shape index (κ3) is 3.55. The van der Waals surface area contributed by atoms with Gasteiger partial charge in [0.15, 0.2) is 0 Å². The third-order valence-electron chi connectivity index (χ3n) is 3.28.